The van der Waals surface area contributed by atoms with Gasteiger partial charge in [-0.05, 0) is 12.1 Å². The van der Waals surface area contributed by atoms with Crippen molar-refractivity contribution in [2.45, 2.75) is 11.5 Å². The number of rotatable bonds is 10. The van der Waals surface area contributed by atoms with Gasteiger partial charge in [0.25, 0.3) is 5.91 Å². The Labute approximate surface area is 191 Å². The van der Waals surface area contributed by atoms with E-state index in [-0.39, 0.29) is 41.1 Å². The largest absolute Gasteiger partial charge is 0.395 e. The van der Waals surface area contributed by atoms with Gasteiger partial charge in [0.1, 0.15) is 5.01 Å². The minimum atomic E-state index is -3.81. The molecule has 0 saturated heterocycles. The lowest BCUT2D eigenvalue weighted by molar-refractivity contribution is -0.110. The van der Waals surface area contributed by atoms with Crippen LogP contribution in [0.5, 0.6) is 0 Å². The molecule has 3 rings (SSSR count). The van der Waals surface area contributed by atoms with Crippen molar-refractivity contribution in [3.63, 3.8) is 0 Å². The molecule has 0 saturated carbocycles. The van der Waals surface area contributed by atoms with E-state index in [0.29, 0.717) is 16.3 Å². The van der Waals surface area contributed by atoms with Gasteiger partial charge >= 0.3 is 0 Å². The molecule has 10 nitrogen and oxygen atoms in total. The zero-order chi connectivity index (χ0) is 23.1. The van der Waals surface area contributed by atoms with Crippen molar-refractivity contribution in [2.75, 3.05) is 25.5 Å². The minimum absolute atomic E-state index is 0.0253. The van der Waals surface area contributed by atoms with Crippen LogP contribution in [0.4, 0.5) is 9.52 Å². The number of thiazole rings is 2. The summed E-state index contributed by atoms with van der Waals surface area (Å²) in [6, 6.07) is 5.41. The van der Waals surface area contributed by atoms with Crippen LogP contribution in [0.1, 0.15) is 10.6 Å². The average molecular weight is 500 g/mol. The molecule has 0 bridgehead atoms. The van der Waals surface area contributed by atoms with E-state index in [1.807, 2.05) is 0 Å². The highest BCUT2D eigenvalue weighted by Crippen LogP contribution is 2.19. The molecule has 1 amide bonds. The average Bonchev–Trinajstić information content (AvgIpc) is 3.43. The zero-order valence-electron chi connectivity index (χ0n) is 16.6. The number of halogens is 1. The Hall–Kier alpha value is -2.78. The lowest BCUT2D eigenvalue weighted by Crippen LogP contribution is -2.29. The standard InChI is InChI=1S/C18H18FN5O5S3/c1-24(7-8-25)32(27,28)13-4-2-12(3-5-13)16(23-29-11-15-20-6-9-30-15)17(26)22-18-21-10-14(19)31-18/h2-6,9-10,25H,7-8,11H2,1H3,(H,21,22,26). The van der Waals surface area contributed by atoms with Crippen molar-refractivity contribution < 1.29 is 27.5 Å². The Morgan fingerprint density at radius 2 is 2.06 bits per heavy atom. The summed E-state index contributed by atoms with van der Waals surface area (Å²) in [5.41, 5.74) is 0.104. The Morgan fingerprint density at radius 1 is 1.31 bits per heavy atom. The molecule has 2 heterocycles. The van der Waals surface area contributed by atoms with Crippen LogP contribution in [0.25, 0.3) is 0 Å². The second-order valence-corrected chi connectivity index (χ2v) is 10.1. The van der Waals surface area contributed by atoms with E-state index in [1.54, 1.807) is 11.6 Å². The maximum atomic E-state index is 13.2. The van der Waals surface area contributed by atoms with Crippen LogP contribution in [0.15, 0.2) is 52.1 Å². The van der Waals surface area contributed by atoms with E-state index >= 15 is 0 Å². The van der Waals surface area contributed by atoms with E-state index in [9.17, 15) is 17.6 Å². The van der Waals surface area contributed by atoms with Crippen LogP contribution in [0.3, 0.4) is 0 Å². The van der Waals surface area contributed by atoms with Crippen molar-refractivity contribution in [1.82, 2.24) is 14.3 Å². The van der Waals surface area contributed by atoms with Gasteiger partial charge in [0.2, 0.25) is 10.0 Å². The third kappa shape index (κ3) is 5.92. The number of oxime groups is 1. The number of anilines is 1. The number of hydrogen-bond donors (Lipinski definition) is 2. The first-order valence-electron chi connectivity index (χ1n) is 9.00. The summed E-state index contributed by atoms with van der Waals surface area (Å²) in [7, 11) is -2.46. The molecule has 0 aliphatic carbocycles. The number of nitrogens with one attached hydrogen (secondary N) is 1. The van der Waals surface area contributed by atoms with Gasteiger partial charge in [0, 0.05) is 30.7 Å². The zero-order valence-corrected chi connectivity index (χ0v) is 19.1. The quantitative estimate of drug-likeness (QED) is 0.321. The summed E-state index contributed by atoms with van der Waals surface area (Å²) in [4.78, 5) is 25.8. The first-order chi connectivity index (χ1) is 15.3. The fourth-order valence-electron chi connectivity index (χ4n) is 2.40. The Bertz CT molecular complexity index is 1180. The predicted octanol–water partition coefficient (Wildman–Crippen LogP) is 1.91. The second kappa shape index (κ2) is 10.7. The molecule has 0 aliphatic rings. The molecule has 2 aromatic heterocycles. The normalized spacial score (nSPS) is 12.2. The number of carbonyl (C=O) groups excluding carboxylic acids is 1. The van der Waals surface area contributed by atoms with Crippen LogP contribution in [0.2, 0.25) is 0 Å². The Morgan fingerprint density at radius 3 is 2.66 bits per heavy atom. The first-order valence-corrected chi connectivity index (χ1v) is 12.1. The van der Waals surface area contributed by atoms with Gasteiger partial charge in [-0.25, -0.2) is 18.4 Å². The number of aromatic nitrogens is 2. The highest BCUT2D eigenvalue weighted by Gasteiger charge is 2.22. The molecular weight excluding hydrogens is 481 g/mol. The van der Waals surface area contributed by atoms with Crippen molar-refractivity contribution in [1.29, 1.82) is 0 Å². The number of aliphatic hydroxyl groups excluding tert-OH is 1. The highest BCUT2D eigenvalue weighted by atomic mass is 32.2. The third-order valence-electron chi connectivity index (χ3n) is 3.99. The molecule has 1 aromatic carbocycles. The Kier molecular flexibility index (Phi) is 7.98. The summed E-state index contributed by atoms with van der Waals surface area (Å²) in [6.45, 7) is -0.356. The fourth-order valence-corrected chi connectivity index (χ4v) is 4.62. The van der Waals surface area contributed by atoms with E-state index < -0.39 is 21.1 Å². The Balaban J connectivity index is 1.85. The molecule has 14 heteroatoms. The van der Waals surface area contributed by atoms with Crippen LogP contribution in [0, 0.1) is 5.13 Å². The number of aliphatic hydroxyl groups is 1. The summed E-state index contributed by atoms with van der Waals surface area (Å²) < 4.78 is 39.2. The van der Waals surface area contributed by atoms with Crippen molar-refractivity contribution in [3.05, 3.63) is 57.7 Å². The van der Waals surface area contributed by atoms with Crippen molar-refractivity contribution in [3.8, 4) is 0 Å². The number of hydrogen-bond acceptors (Lipinski definition) is 10. The summed E-state index contributed by atoms with van der Waals surface area (Å²) in [5, 5.41) is 17.2. The van der Waals surface area contributed by atoms with Crippen LogP contribution in [-0.2, 0) is 26.3 Å². The maximum Gasteiger partial charge on any atom is 0.280 e. The number of carbonyl (C=O) groups is 1. The summed E-state index contributed by atoms with van der Waals surface area (Å²) in [5.74, 6) is -0.716. The smallest absolute Gasteiger partial charge is 0.280 e. The van der Waals surface area contributed by atoms with Gasteiger partial charge in [-0.15, -0.1) is 11.3 Å². The number of sulfonamides is 1. The van der Waals surface area contributed by atoms with E-state index in [1.165, 1.54) is 42.6 Å². The number of benzene rings is 1. The first kappa shape index (κ1) is 23.9. The van der Waals surface area contributed by atoms with Gasteiger partial charge in [-0.3, -0.25) is 10.1 Å². The molecule has 2 N–H and O–H groups in total. The minimum Gasteiger partial charge on any atom is -0.395 e. The monoisotopic (exact) mass is 499 g/mol. The number of nitrogens with zero attached hydrogens (tertiary/aromatic N) is 4. The SMILES string of the molecule is CN(CCO)S(=O)(=O)c1ccc(C(=NOCc2nccs2)C(=O)Nc2ncc(F)s2)cc1. The molecule has 0 aliphatic heterocycles. The lowest BCUT2D eigenvalue weighted by Gasteiger charge is -2.16. The number of amides is 1. The van der Waals surface area contributed by atoms with Gasteiger partial charge in [0.15, 0.2) is 22.6 Å². The van der Waals surface area contributed by atoms with E-state index in [2.05, 4.69) is 20.4 Å². The van der Waals surface area contributed by atoms with Gasteiger partial charge in [-0.2, -0.15) is 8.70 Å². The molecule has 0 atom stereocenters. The second-order valence-electron chi connectivity index (χ2n) is 6.14. The fraction of sp³-hybridized carbons (Fsp3) is 0.222. The third-order valence-corrected chi connectivity index (χ3v) is 7.32. The topological polar surface area (TPSA) is 134 Å². The maximum absolute atomic E-state index is 13.2. The predicted molar refractivity (Wildman–Crippen MR) is 117 cm³/mol. The number of likely N-dealkylation sites (N-methyl/N-ethyl adjacent to an activating group) is 1. The summed E-state index contributed by atoms with van der Waals surface area (Å²) in [6.07, 6.45) is 2.57. The summed E-state index contributed by atoms with van der Waals surface area (Å²) >= 11 is 2.00. The lowest BCUT2D eigenvalue weighted by atomic mass is 10.1. The molecule has 3 aromatic rings. The van der Waals surface area contributed by atoms with Crippen LogP contribution >= 0.6 is 22.7 Å². The van der Waals surface area contributed by atoms with Gasteiger partial charge < -0.3 is 9.94 Å². The molecule has 0 spiro atoms. The van der Waals surface area contributed by atoms with Crippen molar-refractivity contribution in [2.24, 2.45) is 5.16 Å². The molecule has 0 fully saturated rings. The van der Waals surface area contributed by atoms with Crippen LogP contribution in [-0.4, -0.2) is 59.6 Å². The molecule has 170 valence electrons. The van der Waals surface area contributed by atoms with E-state index in [4.69, 9.17) is 9.94 Å². The van der Waals surface area contributed by atoms with E-state index in [0.717, 1.165) is 10.5 Å². The molecule has 0 radical (unpaired) electrons. The van der Waals surface area contributed by atoms with Gasteiger partial charge in [-0.1, -0.05) is 28.6 Å². The molecule has 0 unspecified atom stereocenters. The van der Waals surface area contributed by atoms with Crippen molar-refractivity contribution >= 4 is 49.4 Å². The van der Waals surface area contributed by atoms with Crippen LogP contribution < -0.4 is 5.32 Å². The van der Waals surface area contributed by atoms with Gasteiger partial charge in [0.05, 0.1) is 17.7 Å². The highest BCUT2D eigenvalue weighted by molar-refractivity contribution is 7.89. The molecular formula is C18H18FN5O5S3. The molecule has 32 heavy (non-hydrogen) atoms.